The molecule has 0 unspecified atom stereocenters. The third kappa shape index (κ3) is 5.04. The van der Waals surface area contributed by atoms with Crippen LogP contribution in [0, 0.1) is 17.6 Å². The summed E-state index contributed by atoms with van der Waals surface area (Å²) in [6.07, 6.45) is 7.25. The summed E-state index contributed by atoms with van der Waals surface area (Å²) >= 11 is 0. The molecular weight excluding hydrogens is 318 g/mol. The summed E-state index contributed by atoms with van der Waals surface area (Å²) < 4.78 is 33.0. The number of halogens is 2. The number of rotatable bonds is 6. The minimum atomic E-state index is -0.287. The Balaban J connectivity index is 1.64. The van der Waals surface area contributed by atoms with Gasteiger partial charge in [0.15, 0.2) is 0 Å². The van der Waals surface area contributed by atoms with E-state index in [0.717, 1.165) is 29.9 Å². The second-order valence-corrected chi connectivity index (χ2v) is 7.15. The van der Waals surface area contributed by atoms with Gasteiger partial charge in [-0.05, 0) is 72.9 Å². The zero-order valence-electron chi connectivity index (χ0n) is 14.8. The topological polar surface area (TPSA) is 9.23 Å². The van der Waals surface area contributed by atoms with Gasteiger partial charge >= 0.3 is 0 Å². The van der Waals surface area contributed by atoms with Crippen LogP contribution in [-0.4, -0.2) is 0 Å². The molecule has 0 heterocycles. The Morgan fingerprint density at radius 2 is 1.76 bits per heavy atom. The molecule has 0 atom stereocenters. The van der Waals surface area contributed by atoms with Crippen LogP contribution in [-0.2, 0) is 6.61 Å². The van der Waals surface area contributed by atoms with E-state index in [1.54, 1.807) is 18.2 Å². The lowest BCUT2D eigenvalue weighted by atomic mass is 9.77. The van der Waals surface area contributed by atoms with Gasteiger partial charge in [0.05, 0.1) is 0 Å². The van der Waals surface area contributed by atoms with Gasteiger partial charge in [0.25, 0.3) is 0 Å². The standard InChI is InChI=1S/C22H26F2O/c1-2-4-16-7-9-18(10-8-16)19-12-21(24)14-22(13-19)25-15-17-5-3-6-20(23)11-17/h3,5-6,11-14,16,18H,2,4,7-10,15H2,1H3. The van der Waals surface area contributed by atoms with Gasteiger partial charge in [0, 0.05) is 6.07 Å². The Hall–Kier alpha value is -1.90. The molecule has 1 aliphatic rings. The molecule has 0 amide bonds. The average Bonchev–Trinajstić information content (AvgIpc) is 2.61. The van der Waals surface area contributed by atoms with Crippen molar-refractivity contribution < 1.29 is 13.5 Å². The van der Waals surface area contributed by atoms with E-state index < -0.39 is 0 Å². The van der Waals surface area contributed by atoms with Crippen LogP contribution in [0.25, 0.3) is 0 Å². The third-order valence-electron chi connectivity index (χ3n) is 5.20. The van der Waals surface area contributed by atoms with E-state index in [1.807, 2.05) is 6.07 Å². The van der Waals surface area contributed by atoms with Gasteiger partial charge in [-0.15, -0.1) is 0 Å². The molecular formula is C22H26F2O. The monoisotopic (exact) mass is 344 g/mol. The summed E-state index contributed by atoms with van der Waals surface area (Å²) in [7, 11) is 0. The van der Waals surface area contributed by atoms with E-state index in [-0.39, 0.29) is 18.2 Å². The van der Waals surface area contributed by atoms with Crippen molar-refractivity contribution in [3.63, 3.8) is 0 Å². The van der Waals surface area contributed by atoms with Crippen molar-refractivity contribution in [3.05, 3.63) is 65.2 Å². The highest BCUT2D eigenvalue weighted by atomic mass is 19.1. The third-order valence-corrected chi connectivity index (χ3v) is 5.20. The zero-order chi connectivity index (χ0) is 17.6. The maximum absolute atomic E-state index is 14.0. The molecule has 1 fully saturated rings. The molecule has 0 N–H and O–H groups in total. The van der Waals surface area contributed by atoms with Gasteiger partial charge < -0.3 is 4.74 Å². The lowest BCUT2D eigenvalue weighted by molar-refractivity contribution is 0.297. The number of hydrogen-bond acceptors (Lipinski definition) is 1. The normalized spacial score (nSPS) is 20.4. The van der Waals surface area contributed by atoms with E-state index in [0.29, 0.717) is 11.7 Å². The minimum Gasteiger partial charge on any atom is -0.489 e. The molecule has 3 rings (SSSR count). The van der Waals surface area contributed by atoms with Crippen LogP contribution >= 0.6 is 0 Å². The molecule has 2 aromatic rings. The van der Waals surface area contributed by atoms with Crippen LogP contribution in [0.15, 0.2) is 42.5 Å². The Morgan fingerprint density at radius 3 is 2.48 bits per heavy atom. The first kappa shape index (κ1) is 17.9. The molecule has 0 aliphatic heterocycles. The fourth-order valence-corrected chi connectivity index (χ4v) is 3.89. The molecule has 0 saturated heterocycles. The fourth-order valence-electron chi connectivity index (χ4n) is 3.89. The molecule has 25 heavy (non-hydrogen) atoms. The van der Waals surface area contributed by atoms with Crippen molar-refractivity contribution in [2.45, 2.75) is 58.0 Å². The van der Waals surface area contributed by atoms with Crippen molar-refractivity contribution in [3.8, 4) is 5.75 Å². The second-order valence-electron chi connectivity index (χ2n) is 7.15. The highest BCUT2D eigenvalue weighted by Crippen LogP contribution is 2.38. The average molecular weight is 344 g/mol. The Morgan fingerprint density at radius 1 is 0.960 bits per heavy atom. The quantitative estimate of drug-likeness (QED) is 0.572. The molecule has 1 aliphatic carbocycles. The first-order valence-electron chi connectivity index (χ1n) is 9.31. The smallest absolute Gasteiger partial charge is 0.127 e. The van der Waals surface area contributed by atoms with E-state index >= 15 is 0 Å². The molecule has 2 aromatic carbocycles. The molecule has 0 spiro atoms. The van der Waals surface area contributed by atoms with E-state index in [2.05, 4.69) is 6.92 Å². The van der Waals surface area contributed by atoms with Gasteiger partial charge in [-0.1, -0.05) is 31.9 Å². The van der Waals surface area contributed by atoms with Crippen LogP contribution in [0.3, 0.4) is 0 Å². The van der Waals surface area contributed by atoms with E-state index in [4.69, 9.17) is 4.74 Å². The second kappa shape index (κ2) is 8.46. The highest BCUT2D eigenvalue weighted by molar-refractivity contribution is 5.32. The predicted molar refractivity (Wildman–Crippen MR) is 96.7 cm³/mol. The summed E-state index contributed by atoms with van der Waals surface area (Å²) in [4.78, 5) is 0. The summed E-state index contributed by atoms with van der Waals surface area (Å²) in [5.41, 5.74) is 1.77. The lowest BCUT2D eigenvalue weighted by Crippen LogP contribution is -2.13. The Bertz CT molecular complexity index is 690. The van der Waals surface area contributed by atoms with Gasteiger partial charge in [-0.25, -0.2) is 8.78 Å². The minimum absolute atomic E-state index is 0.240. The summed E-state index contributed by atoms with van der Waals surface area (Å²) in [5, 5.41) is 0. The maximum atomic E-state index is 14.0. The molecule has 134 valence electrons. The first-order chi connectivity index (χ1) is 12.1. The van der Waals surface area contributed by atoms with Crippen molar-refractivity contribution in [2.75, 3.05) is 0 Å². The maximum Gasteiger partial charge on any atom is 0.127 e. The van der Waals surface area contributed by atoms with Gasteiger partial charge in [-0.3, -0.25) is 0 Å². The zero-order valence-corrected chi connectivity index (χ0v) is 14.8. The van der Waals surface area contributed by atoms with Gasteiger partial charge in [0.1, 0.15) is 24.0 Å². The summed E-state index contributed by atoms with van der Waals surface area (Å²) in [6.45, 7) is 2.48. The van der Waals surface area contributed by atoms with Crippen molar-refractivity contribution in [1.82, 2.24) is 0 Å². The van der Waals surface area contributed by atoms with Crippen LogP contribution in [0.4, 0.5) is 8.78 Å². The Kier molecular flexibility index (Phi) is 6.06. The van der Waals surface area contributed by atoms with Gasteiger partial charge in [0.2, 0.25) is 0 Å². The van der Waals surface area contributed by atoms with Crippen LogP contribution in [0.5, 0.6) is 5.75 Å². The Labute approximate surface area is 149 Å². The van der Waals surface area contributed by atoms with E-state index in [9.17, 15) is 8.78 Å². The fraction of sp³-hybridized carbons (Fsp3) is 0.455. The largest absolute Gasteiger partial charge is 0.489 e. The molecule has 0 aromatic heterocycles. The van der Waals surface area contributed by atoms with E-state index in [1.165, 1.54) is 43.9 Å². The van der Waals surface area contributed by atoms with Crippen molar-refractivity contribution in [2.24, 2.45) is 5.92 Å². The number of benzene rings is 2. The van der Waals surface area contributed by atoms with Crippen LogP contribution in [0.1, 0.15) is 62.5 Å². The number of ether oxygens (including phenoxy) is 1. The summed E-state index contributed by atoms with van der Waals surface area (Å²) in [6, 6.07) is 11.3. The summed E-state index contributed by atoms with van der Waals surface area (Å²) in [5.74, 6) is 1.22. The molecule has 1 saturated carbocycles. The first-order valence-corrected chi connectivity index (χ1v) is 9.31. The van der Waals surface area contributed by atoms with Crippen LogP contribution < -0.4 is 4.74 Å². The van der Waals surface area contributed by atoms with Gasteiger partial charge in [-0.2, -0.15) is 0 Å². The lowest BCUT2D eigenvalue weighted by Gasteiger charge is -2.28. The SMILES string of the molecule is CCCC1CCC(c2cc(F)cc(OCc3cccc(F)c3)c2)CC1. The molecule has 0 radical (unpaired) electrons. The van der Waals surface area contributed by atoms with Crippen molar-refractivity contribution >= 4 is 0 Å². The van der Waals surface area contributed by atoms with Crippen molar-refractivity contribution in [1.29, 1.82) is 0 Å². The predicted octanol–water partition coefficient (Wildman–Crippen LogP) is 6.62. The van der Waals surface area contributed by atoms with Crippen LogP contribution in [0.2, 0.25) is 0 Å². The molecule has 1 nitrogen and oxygen atoms in total. The highest BCUT2D eigenvalue weighted by Gasteiger charge is 2.22. The molecule has 0 bridgehead atoms. The number of hydrogen-bond donors (Lipinski definition) is 0. The molecule has 3 heteroatoms.